The molecule has 20 heavy (non-hydrogen) atoms. The lowest BCUT2D eigenvalue weighted by Crippen LogP contribution is -2.29. The van der Waals surface area contributed by atoms with Crippen molar-refractivity contribution in [2.45, 2.75) is 20.3 Å². The lowest BCUT2D eigenvalue weighted by atomic mass is 10.4. The van der Waals surface area contributed by atoms with Crippen LogP contribution in [-0.2, 0) is 28.9 Å². The molecule has 0 fully saturated rings. The van der Waals surface area contributed by atoms with Crippen LogP contribution in [0.15, 0.2) is 0 Å². The van der Waals surface area contributed by atoms with Gasteiger partial charge in [-0.25, -0.2) is 8.42 Å². The van der Waals surface area contributed by atoms with Gasteiger partial charge in [0.15, 0.2) is 15.6 Å². The van der Waals surface area contributed by atoms with Gasteiger partial charge in [-0.3, -0.25) is 9.59 Å². The molecule has 0 heterocycles. The number of rotatable bonds is 12. The highest BCUT2D eigenvalue weighted by molar-refractivity contribution is 7.91. The van der Waals surface area contributed by atoms with E-state index in [0.717, 1.165) is 0 Å². The summed E-state index contributed by atoms with van der Waals surface area (Å²) >= 11 is 0. The second kappa shape index (κ2) is 10.8. The summed E-state index contributed by atoms with van der Waals surface area (Å²) in [5.74, 6) is -0.434. The predicted octanol–water partition coefficient (Wildman–Crippen LogP) is -0.450. The lowest BCUT2D eigenvalue weighted by Gasteiger charge is -2.06. The van der Waals surface area contributed by atoms with Crippen LogP contribution < -0.4 is 5.32 Å². The Morgan fingerprint density at radius 3 is 2.35 bits per heavy atom. The fraction of sp³-hybridized carbons (Fsp3) is 0.833. The summed E-state index contributed by atoms with van der Waals surface area (Å²) in [5, 5.41) is 2.57. The molecule has 1 amide bonds. The SMILES string of the molecule is CCS(=O)(=O)CCC(=O)NCCOCCOCC(C)=O. The van der Waals surface area contributed by atoms with Gasteiger partial charge < -0.3 is 14.8 Å². The topological polar surface area (TPSA) is 98.8 Å². The quantitative estimate of drug-likeness (QED) is 0.490. The molecule has 0 saturated heterocycles. The highest BCUT2D eigenvalue weighted by Crippen LogP contribution is 1.93. The molecule has 0 saturated carbocycles. The minimum atomic E-state index is -3.10. The summed E-state index contributed by atoms with van der Waals surface area (Å²) in [5.41, 5.74) is 0. The zero-order valence-corrected chi connectivity index (χ0v) is 12.8. The third kappa shape index (κ3) is 12.1. The van der Waals surface area contributed by atoms with Gasteiger partial charge in [-0.1, -0.05) is 6.92 Å². The van der Waals surface area contributed by atoms with Gasteiger partial charge in [0.05, 0.1) is 25.6 Å². The number of amides is 1. The third-order valence-corrected chi connectivity index (χ3v) is 4.03. The number of carbonyl (C=O) groups excluding carboxylic acids is 2. The van der Waals surface area contributed by atoms with Gasteiger partial charge in [-0.15, -0.1) is 0 Å². The number of Topliss-reactive ketones (excluding diaryl/α,β-unsaturated/α-hetero) is 1. The van der Waals surface area contributed by atoms with E-state index in [4.69, 9.17) is 9.47 Å². The van der Waals surface area contributed by atoms with Crippen molar-refractivity contribution in [3.63, 3.8) is 0 Å². The molecule has 0 aromatic heterocycles. The first-order chi connectivity index (χ1) is 9.37. The molecule has 0 atom stereocenters. The predicted molar refractivity (Wildman–Crippen MR) is 74.3 cm³/mol. The minimum absolute atomic E-state index is 0.0299. The van der Waals surface area contributed by atoms with Gasteiger partial charge in [0, 0.05) is 18.7 Å². The molecule has 0 radical (unpaired) electrons. The number of ketones is 1. The molecule has 0 rings (SSSR count). The average Bonchev–Trinajstić information content (AvgIpc) is 2.39. The molecule has 0 aromatic rings. The summed E-state index contributed by atoms with van der Waals surface area (Å²) < 4.78 is 32.5. The van der Waals surface area contributed by atoms with Crippen LogP contribution in [0.25, 0.3) is 0 Å². The van der Waals surface area contributed by atoms with Crippen molar-refractivity contribution >= 4 is 21.5 Å². The number of hydrogen-bond acceptors (Lipinski definition) is 6. The zero-order valence-electron chi connectivity index (χ0n) is 12.0. The first-order valence-electron chi connectivity index (χ1n) is 6.49. The van der Waals surface area contributed by atoms with E-state index in [1.165, 1.54) is 6.92 Å². The molecule has 8 heteroatoms. The smallest absolute Gasteiger partial charge is 0.221 e. The Morgan fingerprint density at radius 2 is 1.75 bits per heavy atom. The minimum Gasteiger partial charge on any atom is -0.377 e. The second-order valence-electron chi connectivity index (χ2n) is 4.20. The molecule has 0 bridgehead atoms. The molecule has 1 N–H and O–H groups in total. The number of carbonyl (C=O) groups is 2. The standard InChI is InChI=1S/C12H23NO6S/c1-3-20(16,17)9-4-12(15)13-5-6-18-7-8-19-10-11(2)14/h3-10H2,1-2H3,(H,13,15). The first kappa shape index (κ1) is 19.0. The van der Waals surface area contributed by atoms with Crippen molar-refractivity contribution in [1.29, 1.82) is 0 Å². The fourth-order valence-electron chi connectivity index (χ4n) is 1.18. The normalized spacial score (nSPS) is 11.3. The maximum absolute atomic E-state index is 11.3. The lowest BCUT2D eigenvalue weighted by molar-refractivity contribution is -0.122. The Hall–Kier alpha value is -0.990. The van der Waals surface area contributed by atoms with Gasteiger partial charge in [-0.2, -0.15) is 0 Å². The highest BCUT2D eigenvalue weighted by atomic mass is 32.2. The van der Waals surface area contributed by atoms with E-state index >= 15 is 0 Å². The van der Waals surface area contributed by atoms with Gasteiger partial charge in [0.25, 0.3) is 0 Å². The highest BCUT2D eigenvalue weighted by Gasteiger charge is 2.10. The van der Waals surface area contributed by atoms with Crippen molar-refractivity contribution in [3.8, 4) is 0 Å². The Bertz CT molecular complexity index is 393. The molecule has 118 valence electrons. The van der Waals surface area contributed by atoms with Crippen LogP contribution in [0.4, 0.5) is 0 Å². The largest absolute Gasteiger partial charge is 0.377 e. The summed E-state index contributed by atoms with van der Waals surface area (Å²) in [4.78, 5) is 21.9. The van der Waals surface area contributed by atoms with E-state index in [1.54, 1.807) is 6.92 Å². The van der Waals surface area contributed by atoms with Crippen molar-refractivity contribution < 1.29 is 27.5 Å². The molecule has 0 unspecified atom stereocenters. The Labute approximate surface area is 119 Å². The Kier molecular flexibility index (Phi) is 10.2. The first-order valence-corrected chi connectivity index (χ1v) is 8.31. The monoisotopic (exact) mass is 309 g/mol. The van der Waals surface area contributed by atoms with Gasteiger partial charge >= 0.3 is 0 Å². The molecular formula is C12H23NO6S. The van der Waals surface area contributed by atoms with Gasteiger partial charge in [0.2, 0.25) is 5.91 Å². The van der Waals surface area contributed by atoms with Gasteiger partial charge in [0.1, 0.15) is 6.61 Å². The summed E-state index contributed by atoms with van der Waals surface area (Å²) in [6.45, 7) is 4.36. The Balaban J connectivity index is 3.42. The van der Waals surface area contributed by atoms with Crippen LogP contribution in [0.3, 0.4) is 0 Å². The van der Waals surface area contributed by atoms with E-state index in [2.05, 4.69) is 5.32 Å². The van der Waals surface area contributed by atoms with Gasteiger partial charge in [-0.05, 0) is 6.92 Å². The van der Waals surface area contributed by atoms with E-state index in [9.17, 15) is 18.0 Å². The molecule has 0 aliphatic rings. The summed E-state index contributed by atoms with van der Waals surface area (Å²) in [6, 6.07) is 0. The molecule has 0 aliphatic carbocycles. The number of ether oxygens (including phenoxy) is 2. The van der Waals surface area contributed by atoms with Crippen LogP contribution in [0.2, 0.25) is 0 Å². The number of nitrogens with one attached hydrogen (secondary N) is 1. The van der Waals surface area contributed by atoms with Crippen LogP contribution in [-0.4, -0.2) is 64.6 Å². The molecule has 0 aliphatic heterocycles. The summed E-state index contributed by atoms with van der Waals surface area (Å²) in [6.07, 6.45) is -0.0299. The maximum atomic E-state index is 11.3. The number of hydrogen-bond donors (Lipinski definition) is 1. The molecular weight excluding hydrogens is 286 g/mol. The van der Waals surface area contributed by atoms with Crippen molar-refractivity contribution in [3.05, 3.63) is 0 Å². The van der Waals surface area contributed by atoms with Crippen LogP contribution in [0, 0.1) is 0 Å². The van der Waals surface area contributed by atoms with E-state index in [0.29, 0.717) is 26.4 Å². The molecule has 0 aromatic carbocycles. The van der Waals surface area contributed by atoms with Crippen molar-refractivity contribution in [1.82, 2.24) is 5.32 Å². The number of sulfone groups is 1. The van der Waals surface area contributed by atoms with Crippen molar-refractivity contribution in [2.75, 3.05) is 44.5 Å². The molecule has 7 nitrogen and oxygen atoms in total. The zero-order chi connectivity index (χ0) is 15.4. The van der Waals surface area contributed by atoms with Crippen LogP contribution in [0.1, 0.15) is 20.3 Å². The third-order valence-electron chi connectivity index (χ3n) is 2.33. The second-order valence-corrected chi connectivity index (χ2v) is 6.68. The van der Waals surface area contributed by atoms with Crippen LogP contribution >= 0.6 is 0 Å². The fourth-order valence-corrected chi connectivity index (χ4v) is 1.96. The van der Waals surface area contributed by atoms with Crippen LogP contribution in [0.5, 0.6) is 0 Å². The average molecular weight is 309 g/mol. The maximum Gasteiger partial charge on any atom is 0.221 e. The molecule has 0 spiro atoms. The Morgan fingerprint density at radius 1 is 1.10 bits per heavy atom. The van der Waals surface area contributed by atoms with E-state index < -0.39 is 9.84 Å². The van der Waals surface area contributed by atoms with E-state index in [1.807, 2.05) is 0 Å². The van der Waals surface area contributed by atoms with Crippen molar-refractivity contribution in [2.24, 2.45) is 0 Å². The summed E-state index contributed by atoms with van der Waals surface area (Å²) in [7, 11) is -3.10. The van der Waals surface area contributed by atoms with E-state index in [-0.39, 0.29) is 36.2 Å².